The highest BCUT2D eigenvalue weighted by molar-refractivity contribution is 9.10. The average molecular weight is 544 g/mol. The molecule has 0 fully saturated rings. The number of carbonyl (C=O) groups excluding carboxylic acids is 3. The van der Waals surface area contributed by atoms with Crippen molar-refractivity contribution < 1.29 is 18.8 Å². The molecule has 172 valence electrons. The molecule has 1 heterocycles. The summed E-state index contributed by atoms with van der Waals surface area (Å²) in [4.78, 5) is 38.3. The number of rotatable bonds is 4. The first kappa shape index (κ1) is 23.5. The highest BCUT2D eigenvalue weighted by Gasteiger charge is 2.22. The minimum atomic E-state index is -0.990. The van der Waals surface area contributed by atoms with Gasteiger partial charge in [0.25, 0.3) is 5.91 Å². The monoisotopic (exact) mass is 542 g/mol. The van der Waals surface area contributed by atoms with Gasteiger partial charge in [0.2, 0.25) is 0 Å². The van der Waals surface area contributed by atoms with Crippen molar-refractivity contribution >= 4 is 67.5 Å². The highest BCUT2D eigenvalue weighted by atomic mass is 79.9. The maximum Gasteiger partial charge on any atom is 0.328 e. The van der Waals surface area contributed by atoms with E-state index in [1.54, 1.807) is 49.4 Å². The van der Waals surface area contributed by atoms with Crippen molar-refractivity contribution in [1.29, 1.82) is 0 Å². The number of fused-ring (bicyclic) bond motifs is 1. The molecule has 0 aliphatic carbocycles. The summed E-state index contributed by atoms with van der Waals surface area (Å²) in [5.41, 5.74) is 4.41. The molecular weight excluding hydrogens is 527 g/mol. The van der Waals surface area contributed by atoms with Crippen LogP contribution in [0.5, 0.6) is 0 Å². The van der Waals surface area contributed by atoms with Gasteiger partial charge < -0.3 is 10.6 Å². The largest absolute Gasteiger partial charge is 0.328 e. The fraction of sp³-hybridized carbons (Fsp3) is 0.0417. The van der Waals surface area contributed by atoms with Crippen LogP contribution in [0.2, 0.25) is 5.02 Å². The second-order valence-electron chi connectivity index (χ2n) is 7.34. The van der Waals surface area contributed by atoms with E-state index in [-0.39, 0.29) is 5.69 Å². The molecule has 0 atom stereocenters. The minimum Gasteiger partial charge on any atom is -0.321 e. The Hall–Kier alpha value is -3.69. The van der Waals surface area contributed by atoms with Gasteiger partial charge in [-0.05, 0) is 73.2 Å². The predicted octanol–water partition coefficient (Wildman–Crippen LogP) is 5.47. The zero-order chi connectivity index (χ0) is 24.4. The van der Waals surface area contributed by atoms with Crippen molar-refractivity contribution in [3.8, 4) is 0 Å². The summed E-state index contributed by atoms with van der Waals surface area (Å²) >= 11 is 9.46. The van der Waals surface area contributed by atoms with Gasteiger partial charge in [-0.15, -0.1) is 0 Å². The lowest BCUT2D eigenvalue weighted by molar-refractivity contribution is -0.133. The van der Waals surface area contributed by atoms with Gasteiger partial charge in [-0.3, -0.25) is 19.8 Å². The first-order valence-corrected chi connectivity index (χ1v) is 11.2. The molecule has 34 heavy (non-hydrogen) atoms. The normalized spacial score (nSPS) is 10.7. The van der Waals surface area contributed by atoms with Gasteiger partial charge in [-0.2, -0.15) is 0 Å². The summed E-state index contributed by atoms with van der Waals surface area (Å²) in [6.45, 7) is 1.71. The predicted molar refractivity (Wildman–Crippen MR) is 133 cm³/mol. The Balaban J connectivity index is 1.63. The van der Waals surface area contributed by atoms with E-state index < -0.39 is 23.5 Å². The van der Waals surface area contributed by atoms with E-state index in [0.717, 1.165) is 4.47 Å². The van der Waals surface area contributed by atoms with Crippen LogP contribution in [-0.2, 0) is 9.59 Å². The molecule has 0 aliphatic rings. The zero-order valence-electron chi connectivity index (χ0n) is 17.7. The number of benzene rings is 3. The van der Waals surface area contributed by atoms with Gasteiger partial charge in [0.15, 0.2) is 0 Å². The van der Waals surface area contributed by atoms with Gasteiger partial charge in [-0.1, -0.05) is 33.6 Å². The minimum absolute atomic E-state index is 0.0671. The second-order valence-corrected chi connectivity index (χ2v) is 8.66. The number of carbonyl (C=O) groups is 3. The molecule has 3 amide bonds. The van der Waals surface area contributed by atoms with Crippen LogP contribution in [0, 0.1) is 12.7 Å². The van der Waals surface area contributed by atoms with E-state index in [0.29, 0.717) is 32.9 Å². The number of halogens is 3. The molecule has 0 spiro atoms. The molecule has 0 saturated heterocycles. The number of aromatic nitrogens is 1. The number of amides is 3. The standard InChI is InChI=1S/C24H17BrClFN4O3/c1-13-18(26)3-2-4-19(13)29-23(33)24(34)30-31-20-10-5-15(25)11-14(20)12-21(31)22(32)28-17-8-6-16(27)7-9-17/h2-12H,1H3,(H,28,32)(H,29,33)(H,30,34). The summed E-state index contributed by atoms with van der Waals surface area (Å²) in [5, 5.41) is 6.26. The van der Waals surface area contributed by atoms with Crippen molar-refractivity contribution in [2.24, 2.45) is 0 Å². The van der Waals surface area contributed by atoms with E-state index in [9.17, 15) is 18.8 Å². The zero-order valence-corrected chi connectivity index (χ0v) is 20.0. The summed E-state index contributed by atoms with van der Waals surface area (Å²) in [5.74, 6) is -2.93. The van der Waals surface area contributed by atoms with Crippen LogP contribution in [0.15, 0.2) is 71.2 Å². The van der Waals surface area contributed by atoms with Gasteiger partial charge in [-0.25, -0.2) is 9.07 Å². The van der Waals surface area contributed by atoms with E-state index >= 15 is 0 Å². The molecule has 0 aliphatic heterocycles. The summed E-state index contributed by atoms with van der Waals surface area (Å²) in [6, 6.07) is 17.0. The molecule has 4 aromatic rings. The smallest absolute Gasteiger partial charge is 0.321 e. The van der Waals surface area contributed by atoms with Crippen LogP contribution in [0.3, 0.4) is 0 Å². The lowest BCUT2D eigenvalue weighted by Crippen LogP contribution is -2.36. The Morgan fingerprint density at radius 3 is 2.41 bits per heavy atom. The average Bonchev–Trinajstić information content (AvgIpc) is 3.15. The van der Waals surface area contributed by atoms with Crippen LogP contribution < -0.4 is 16.1 Å². The van der Waals surface area contributed by atoms with Crippen molar-refractivity contribution in [2.45, 2.75) is 6.92 Å². The molecule has 7 nitrogen and oxygen atoms in total. The van der Waals surface area contributed by atoms with Gasteiger partial charge in [0.05, 0.1) is 5.52 Å². The van der Waals surface area contributed by atoms with E-state index in [1.807, 2.05) is 0 Å². The maximum absolute atomic E-state index is 13.2. The van der Waals surface area contributed by atoms with Crippen molar-refractivity contribution in [3.63, 3.8) is 0 Å². The third kappa shape index (κ3) is 4.95. The number of nitrogens with one attached hydrogen (secondary N) is 3. The molecule has 3 aromatic carbocycles. The first-order valence-electron chi connectivity index (χ1n) is 9.98. The fourth-order valence-corrected chi connectivity index (χ4v) is 3.83. The lowest BCUT2D eigenvalue weighted by Gasteiger charge is -2.13. The van der Waals surface area contributed by atoms with Crippen LogP contribution in [0.1, 0.15) is 16.1 Å². The van der Waals surface area contributed by atoms with Crippen molar-refractivity contribution in [1.82, 2.24) is 4.68 Å². The highest BCUT2D eigenvalue weighted by Crippen LogP contribution is 2.25. The Morgan fingerprint density at radius 2 is 1.68 bits per heavy atom. The fourth-order valence-electron chi connectivity index (χ4n) is 3.28. The number of hydrogen-bond acceptors (Lipinski definition) is 3. The molecule has 0 bridgehead atoms. The SMILES string of the molecule is Cc1c(Cl)cccc1NC(=O)C(=O)Nn1c(C(=O)Nc2ccc(F)cc2)cc2cc(Br)ccc21. The van der Waals surface area contributed by atoms with Crippen LogP contribution in [0.4, 0.5) is 15.8 Å². The van der Waals surface area contributed by atoms with Crippen LogP contribution >= 0.6 is 27.5 Å². The van der Waals surface area contributed by atoms with Crippen molar-refractivity contribution in [3.05, 3.63) is 93.3 Å². The Morgan fingerprint density at radius 1 is 0.941 bits per heavy atom. The van der Waals surface area contributed by atoms with Gasteiger partial charge >= 0.3 is 11.8 Å². The Kier molecular flexibility index (Phi) is 6.67. The van der Waals surface area contributed by atoms with Crippen molar-refractivity contribution in [2.75, 3.05) is 16.1 Å². The molecular formula is C24H17BrClFN4O3. The molecule has 0 unspecified atom stereocenters. The number of hydrogen-bond donors (Lipinski definition) is 3. The van der Waals surface area contributed by atoms with Crippen LogP contribution in [-0.4, -0.2) is 22.4 Å². The molecule has 0 saturated carbocycles. The number of nitrogens with zero attached hydrogens (tertiary/aromatic N) is 1. The first-order chi connectivity index (χ1) is 16.2. The van der Waals surface area contributed by atoms with Gasteiger partial charge in [0.1, 0.15) is 11.5 Å². The summed E-state index contributed by atoms with van der Waals surface area (Å²) in [7, 11) is 0. The molecule has 10 heteroatoms. The second kappa shape index (κ2) is 9.66. The lowest BCUT2D eigenvalue weighted by atomic mass is 10.2. The van der Waals surface area contributed by atoms with E-state index in [1.165, 1.54) is 28.9 Å². The maximum atomic E-state index is 13.2. The van der Waals surface area contributed by atoms with E-state index in [2.05, 4.69) is 32.0 Å². The topological polar surface area (TPSA) is 92.2 Å². The summed E-state index contributed by atoms with van der Waals surface area (Å²) < 4.78 is 15.2. The Bertz CT molecular complexity index is 1440. The molecule has 4 rings (SSSR count). The Labute approximate surface area is 207 Å². The molecule has 0 radical (unpaired) electrons. The van der Waals surface area contributed by atoms with E-state index in [4.69, 9.17) is 11.6 Å². The van der Waals surface area contributed by atoms with Crippen LogP contribution in [0.25, 0.3) is 10.9 Å². The van der Waals surface area contributed by atoms with Gasteiger partial charge in [0, 0.05) is 26.3 Å². The third-order valence-electron chi connectivity index (χ3n) is 5.03. The third-order valence-corrected chi connectivity index (χ3v) is 5.94. The quantitative estimate of drug-likeness (QED) is 0.298. The summed E-state index contributed by atoms with van der Waals surface area (Å²) in [6.07, 6.45) is 0. The molecule has 1 aromatic heterocycles. The molecule has 3 N–H and O–H groups in total. The number of anilines is 2.